The third-order valence-corrected chi connectivity index (χ3v) is 6.11. The molecule has 0 bridgehead atoms. The second-order valence-electron chi connectivity index (χ2n) is 7.50. The van der Waals surface area contributed by atoms with E-state index in [1.807, 2.05) is 37.3 Å². The molecule has 178 valence electrons. The highest BCUT2D eigenvalue weighted by atomic mass is 32.2. The van der Waals surface area contributed by atoms with E-state index < -0.39 is 16.2 Å². The molecule has 0 saturated carbocycles. The molecule has 10 nitrogen and oxygen atoms in total. The average molecular weight is 484 g/mol. The summed E-state index contributed by atoms with van der Waals surface area (Å²) in [4.78, 5) is 53.0. The highest BCUT2D eigenvalue weighted by molar-refractivity contribution is 8.00. The first kappa shape index (κ1) is 24.8. The third-order valence-electron chi connectivity index (χ3n) is 5.11. The number of nitro groups is 1. The van der Waals surface area contributed by atoms with Crippen LogP contribution < -0.4 is 21.9 Å². The SMILES string of the molecule is CCCCN(C(=O)CSc1ccc([N+](=O)[O-])cc1)c1c(N)n(Cc2ccccc2)c(=O)[nH]c1=O. The standard InChI is InChI=1S/C23H25N5O5S/c1-2-3-13-26(19(29)15-34-18-11-9-17(10-12-18)28(32)33)20-21(24)27(23(31)25-22(20)30)14-16-7-5-4-6-8-16/h4-12H,2-3,13-15,24H2,1H3,(H,25,30,31). The topological polar surface area (TPSA) is 144 Å². The number of nitro benzene ring substituents is 1. The van der Waals surface area contributed by atoms with Gasteiger partial charge in [-0.2, -0.15) is 0 Å². The molecule has 0 atom stereocenters. The maximum Gasteiger partial charge on any atom is 0.330 e. The van der Waals surface area contributed by atoms with Crippen LogP contribution in [-0.4, -0.2) is 32.7 Å². The number of unbranched alkanes of at least 4 members (excludes halogenated alkanes) is 1. The Bertz CT molecular complexity index is 1270. The first-order chi connectivity index (χ1) is 16.3. The van der Waals surface area contributed by atoms with Crippen LogP contribution in [0.15, 0.2) is 69.1 Å². The van der Waals surface area contributed by atoms with Crippen LogP contribution in [-0.2, 0) is 11.3 Å². The minimum absolute atomic E-state index is 0.0157. The van der Waals surface area contributed by atoms with Gasteiger partial charge in [-0.1, -0.05) is 43.7 Å². The molecule has 1 heterocycles. The smallest absolute Gasteiger partial charge is 0.330 e. The lowest BCUT2D eigenvalue weighted by molar-refractivity contribution is -0.384. The summed E-state index contributed by atoms with van der Waals surface area (Å²) in [5.74, 6) is -0.459. The Morgan fingerprint density at radius 3 is 2.44 bits per heavy atom. The van der Waals surface area contributed by atoms with Crippen LogP contribution in [0.1, 0.15) is 25.3 Å². The summed E-state index contributed by atoms with van der Waals surface area (Å²) in [6, 6.07) is 15.0. The predicted octanol–water partition coefficient (Wildman–Crippen LogP) is 3.00. The zero-order valence-corrected chi connectivity index (χ0v) is 19.4. The molecule has 0 radical (unpaired) electrons. The minimum atomic E-state index is -0.725. The summed E-state index contributed by atoms with van der Waals surface area (Å²) in [5, 5.41) is 10.8. The molecule has 3 rings (SSSR count). The number of amides is 1. The number of non-ortho nitro benzene ring substituents is 1. The third kappa shape index (κ3) is 5.93. The number of hydrogen-bond donors (Lipinski definition) is 2. The molecule has 0 saturated heterocycles. The second-order valence-corrected chi connectivity index (χ2v) is 8.55. The van der Waals surface area contributed by atoms with Crippen molar-refractivity contribution in [2.75, 3.05) is 22.9 Å². The van der Waals surface area contributed by atoms with Gasteiger partial charge in [0.25, 0.3) is 11.2 Å². The van der Waals surface area contributed by atoms with Crippen molar-refractivity contribution in [2.24, 2.45) is 0 Å². The number of H-pyrrole nitrogens is 1. The molecular formula is C23H25N5O5S. The summed E-state index contributed by atoms with van der Waals surface area (Å²) in [7, 11) is 0. The number of rotatable bonds is 10. The van der Waals surface area contributed by atoms with Crippen LogP contribution in [0.3, 0.4) is 0 Å². The van der Waals surface area contributed by atoms with E-state index in [0.717, 1.165) is 12.0 Å². The molecule has 3 N–H and O–H groups in total. The van der Waals surface area contributed by atoms with Crippen molar-refractivity contribution in [1.82, 2.24) is 9.55 Å². The van der Waals surface area contributed by atoms with Crippen LogP contribution in [0.5, 0.6) is 0 Å². The number of carbonyl (C=O) groups excluding carboxylic acids is 1. The lowest BCUT2D eigenvalue weighted by Gasteiger charge is -2.24. The zero-order chi connectivity index (χ0) is 24.7. The maximum atomic E-state index is 13.2. The lowest BCUT2D eigenvalue weighted by atomic mass is 10.2. The second kappa shape index (κ2) is 11.3. The Morgan fingerprint density at radius 2 is 1.82 bits per heavy atom. The van der Waals surface area contributed by atoms with Crippen molar-refractivity contribution in [2.45, 2.75) is 31.2 Å². The fraction of sp³-hybridized carbons (Fsp3) is 0.261. The van der Waals surface area contributed by atoms with Crippen molar-refractivity contribution >= 4 is 34.9 Å². The van der Waals surface area contributed by atoms with E-state index in [9.17, 15) is 24.5 Å². The molecular weight excluding hydrogens is 458 g/mol. The van der Waals surface area contributed by atoms with Gasteiger partial charge in [-0.25, -0.2) is 4.79 Å². The van der Waals surface area contributed by atoms with E-state index in [2.05, 4.69) is 4.98 Å². The van der Waals surface area contributed by atoms with Crippen LogP contribution >= 0.6 is 11.8 Å². The fourth-order valence-electron chi connectivity index (χ4n) is 3.33. The summed E-state index contributed by atoms with van der Waals surface area (Å²) < 4.78 is 1.24. The fourth-order valence-corrected chi connectivity index (χ4v) is 4.10. The molecule has 3 aromatic rings. The maximum absolute atomic E-state index is 13.2. The van der Waals surface area contributed by atoms with Gasteiger partial charge in [0, 0.05) is 23.6 Å². The van der Waals surface area contributed by atoms with Gasteiger partial charge in [0.1, 0.15) is 5.82 Å². The molecule has 1 amide bonds. The van der Waals surface area contributed by atoms with Crippen molar-refractivity contribution < 1.29 is 9.72 Å². The minimum Gasteiger partial charge on any atom is -0.383 e. The van der Waals surface area contributed by atoms with Gasteiger partial charge in [-0.3, -0.25) is 29.3 Å². The first-order valence-corrected chi connectivity index (χ1v) is 11.6. The van der Waals surface area contributed by atoms with Crippen LogP contribution in [0.25, 0.3) is 0 Å². The van der Waals surface area contributed by atoms with Crippen molar-refractivity contribution in [3.8, 4) is 0 Å². The van der Waals surface area contributed by atoms with Crippen LogP contribution in [0.4, 0.5) is 17.2 Å². The number of carbonyl (C=O) groups is 1. The molecule has 0 fully saturated rings. The normalized spacial score (nSPS) is 10.7. The number of thioether (sulfide) groups is 1. The summed E-state index contributed by atoms with van der Waals surface area (Å²) in [6.07, 6.45) is 1.41. The van der Waals surface area contributed by atoms with Crippen LogP contribution in [0.2, 0.25) is 0 Å². The molecule has 1 aromatic heterocycles. The van der Waals surface area contributed by atoms with Crippen molar-refractivity contribution in [1.29, 1.82) is 0 Å². The number of hydrogen-bond acceptors (Lipinski definition) is 7. The van der Waals surface area contributed by atoms with Gasteiger partial charge in [-0.05, 0) is 24.1 Å². The van der Waals surface area contributed by atoms with E-state index >= 15 is 0 Å². The predicted molar refractivity (Wildman–Crippen MR) is 132 cm³/mol. The monoisotopic (exact) mass is 483 g/mol. The Kier molecular flexibility index (Phi) is 8.25. The molecule has 0 spiro atoms. The van der Waals surface area contributed by atoms with Crippen LogP contribution in [0, 0.1) is 10.1 Å². The Balaban J connectivity index is 1.89. The van der Waals surface area contributed by atoms with Crippen molar-refractivity contribution in [3.63, 3.8) is 0 Å². The molecule has 11 heteroatoms. The van der Waals surface area contributed by atoms with Gasteiger partial charge < -0.3 is 10.6 Å². The molecule has 34 heavy (non-hydrogen) atoms. The number of nitrogens with two attached hydrogens (primary N) is 1. The van der Waals surface area contributed by atoms with Gasteiger partial charge in [0.15, 0.2) is 5.69 Å². The van der Waals surface area contributed by atoms with E-state index in [4.69, 9.17) is 5.73 Å². The molecule has 0 aliphatic carbocycles. The van der Waals surface area contributed by atoms with E-state index in [-0.39, 0.29) is 41.9 Å². The van der Waals surface area contributed by atoms with Gasteiger partial charge in [0.2, 0.25) is 5.91 Å². The lowest BCUT2D eigenvalue weighted by Crippen LogP contribution is -2.42. The quantitative estimate of drug-likeness (QED) is 0.256. The average Bonchev–Trinajstić information content (AvgIpc) is 2.83. The van der Waals surface area contributed by atoms with E-state index in [1.165, 1.54) is 33.4 Å². The molecule has 0 unspecified atom stereocenters. The largest absolute Gasteiger partial charge is 0.383 e. The first-order valence-electron chi connectivity index (χ1n) is 10.7. The van der Waals surface area contributed by atoms with Crippen molar-refractivity contribution in [3.05, 3.63) is 91.1 Å². The number of aromatic amines is 1. The number of nitrogens with one attached hydrogen (secondary N) is 1. The highest BCUT2D eigenvalue weighted by Crippen LogP contribution is 2.24. The number of aromatic nitrogens is 2. The van der Waals surface area contributed by atoms with E-state index in [0.29, 0.717) is 11.3 Å². The van der Waals surface area contributed by atoms with Gasteiger partial charge >= 0.3 is 5.69 Å². The summed E-state index contributed by atoms with van der Waals surface area (Å²) >= 11 is 1.19. The Labute approximate surface area is 199 Å². The molecule has 2 aromatic carbocycles. The highest BCUT2D eigenvalue weighted by Gasteiger charge is 2.24. The van der Waals surface area contributed by atoms with E-state index in [1.54, 1.807) is 12.1 Å². The molecule has 0 aliphatic rings. The Hall–Kier alpha value is -3.86. The van der Waals surface area contributed by atoms with Gasteiger partial charge in [0.05, 0.1) is 17.2 Å². The zero-order valence-electron chi connectivity index (χ0n) is 18.6. The molecule has 0 aliphatic heterocycles. The Morgan fingerprint density at radius 1 is 1.15 bits per heavy atom. The number of nitrogen functional groups attached to an aromatic ring is 1. The van der Waals surface area contributed by atoms with Gasteiger partial charge in [-0.15, -0.1) is 11.8 Å². The number of nitrogens with zero attached hydrogens (tertiary/aromatic N) is 3. The summed E-state index contributed by atoms with van der Waals surface area (Å²) in [5.41, 5.74) is 5.61. The number of benzene rings is 2. The summed E-state index contributed by atoms with van der Waals surface area (Å²) in [6.45, 7) is 2.35. The number of anilines is 2.